The van der Waals surface area contributed by atoms with E-state index < -0.39 is 0 Å². The zero-order valence-corrected chi connectivity index (χ0v) is 16.6. The number of rotatable bonds is 8. The smallest absolute Gasteiger partial charge is 0.241 e. The van der Waals surface area contributed by atoms with Crippen molar-refractivity contribution in [2.75, 3.05) is 19.0 Å². The van der Waals surface area contributed by atoms with Crippen molar-refractivity contribution in [1.82, 2.24) is 4.90 Å². The van der Waals surface area contributed by atoms with Crippen LogP contribution in [0.15, 0.2) is 18.2 Å². The highest BCUT2D eigenvalue weighted by Gasteiger charge is 2.32. The second kappa shape index (κ2) is 9.40. The largest absolute Gasteiger partial charge is 0.495 e. The predicted molar refractivity (Wildman–Crippen MR) is 106 cm³/mol. The lowest BCUT2D eigenvalue weighted by molar-refractivity contribution is -0.125. The summed E-state index contributed by atoms with van der Waals surface area (Å²) < 4.78 is 5.74. The normalized spacial score (nSPS) is 17.1. The number of benzene rings is 1. The number of thiocarbonyl (C=S) groups is 1. The number of halogens is 1. The second-order valence-electron chi connectivity index (χ2n) is 5.72. The van der Waals surface area contributed by atoms with Crippen molar-refractivity contribution in [1.29, 1.82) is 0 Å². The SMILES string of the molecule is COc1ccc(NC(=O)CCCCCN2C(=O)C(C)SC2=S)cc1Cl. The maximum atomic E-state index is 12.0. The summed E-state index contributed by atoms with van der Waals surface area (Å²) in [6.07, 6.45) is 2.88. The van der Waals surface area contributed by atoms with Gasteiger partial charge in [-0.2, -0.15) is 0 Å². The van der Waals surface area contributed by atoms with Crippen LogP contribution < -0.4 is 10.1 Å². The number of hydrogen-bond acceptors (Lipinski definition) is 5. The third kappa shape index (κ3) is 5.59. The minimum atomic E-state index is -0.0744. The lowest BCUT2D eigenvalue weighted by atomic mass is 10.1. The second-order valence-corrected chi connectivity index (χ2v) is 8.11. The van der Waals surface area contributed by atoms with Crippen molar-refractivity contribution in [2.45, 2.75) is 37.9 Å². The van der Waals surface area contributed by atoms with Gasteiger partial charge in [0, 0.05) is 18.7 Å². The molecule has 5 nitrogen and oxygen atoms in total. The first-order chi connectivity index (χ1) is 11.9. The van der Waals surface area contributed by atoms with E-state index in [0.717, 1.165) is 19.3 Å². The van der Waals surface area contributed by atoms with Crippen LogP contribution in [-0.4, -0.2) is 39.9 Å². The Morgan fingerprint density at radius 1 is 1.40 bits per heavy atom. The molecule has 1 atom stereocenters. The molecule has 0 saturated carbocycles. The monoisotopic (exact) mass is 400 g/mol. The van der Waals surface area contributed by atoms with Gasteiger partial charge in [-0.15, -0.1) is 0 Å². The quantitative estimate of drug-likeness (QED) is 0.526. The third-order valence-electron chi connectivity index (χ3n) is 3.83. The molecule has 0 aromatic heterocycles. The highest BCUT2D eigenvalue weighted by atomic mass is 35.5. The number of anilines is 1. The Labute approximate surface area is 162 Å². The van der Waals surface area contributed by atoms with Crippen LogP contribution >= 0.6 is 35.6 Å². The van der Waals surface area contributed by atoms with Gasteiger partial charge in [0.1, 0.15) is 10.1 Å². The van der Waals surface area contributed by atoms with Crippen molar-refractivity contribution >= 4 is 57.4 Å². The van der Waals surface area contributed by atoms with Gasteiger partial charge in [-0.3, -0.25) is 14.5 Å². The number of unbranched alkanes of at least 4 members (excludes halogenated alkanes) is 2. The molecule has 1 aromatic rings. The van der Waals surface area contributed by atoms with E-state index in [1.165, 1.54) is 11.8 Å². The van der Waals surface area contributed by atoms with Crippen LogP contribution in [-0.2, 0) is 9.59 Å². The first-order valence-corrected chi connectivity index (χ1v) is 9.74. The summed E-state index contributed by atoms with van der Waals surface area (Å²) in [6, 6.07) is 5.13. The van der Waals surface area contributed by atoms with Gasteiger partial charge in [-0.1, -0.05) is 42.0 Å². The molecule has 2 rings (SSSR count). The highest BCUT2D eigenvalue weighted by Crippen LogP contribution is 2.28. The molecule has 1 unspecified atom stereocenters. The standard InChI is InChI=1S/C17H21ClN2O3S2/c1-11-16(22)20(17(24)25-11)9-5-3-4-6-15(21)19-12-7-8-14(23-2)13(18)10-12/h7-8,10-11H,3-6,9H2,1-2H3,(H,19,21). The molecule has 1 heterocycles. The van der Waals surface area contributed by atoms with Crippen LogP contribution in [0.5, 0.6) is 5.75 Å². The molecule has 0 spiro atoms. The number of amides is 2. The lowest BCUT2D eigenvalue weighted by Crippen LogP contribution is -2.31. The molecule has 1 fully saturated rings. The van der Waals surface area contributed by atoms with Gasteiger partial charge in [0.05, 0.1) is 17.4 Å². The van der Waals surface area contributed by atoms with Gasteiger partial charge in [0.25, 0.3) is 0 Å². The average Bonchev–Trinajstić information content (AvgIpc) is 2.80. The van der Waals surface area contributed by atoms with Gasteiger partial charge in [0.15, 0.2) is 0 Å². The Balaban J connectivity index is 1.66. The average molecular weight is 401 g/mol. The molecule has 25 heavy (non-hydrogen) atoms. The van der Waals surface area contributed by atoms with Crippen LogP contribution in [0.25, 0.3) is 0 Å². The van der Waals surface area contributed by atoms with E-state index in [0.29, 0.717) is 33.7 Å². The number of nitrogens with zero attached hydrogens (tertiary/aromatic N) is 1. The molecule has 2 amide bonds. The Kier molecular flexibility index (Phi) is 7.53. The molecule has 0 radical (unpaired) electrons. The summed E-state index contributed by atoms with van der Waals surface area (Å²) in [5.74, 6) is 0.601. The molecule has 0 bridgehead atoms. The van der Waals surface area contributed by atoms with E-state index in [9.17, 15) is 9.59 Å². The Bertz CT molecular complexity index is 669. The number of nitrogens with one attached hydrogen (secondary N) is 1. The van der Waals surface area contributed by atoms with Crippen LogP contribution in [0.1, 0.15) is 32.6 Å². The van der Waals surface area contributed by atoms with Crippen molar-refractivity contribution < 1.29 is 14.3 Å². The molecular weight excluding hydrogens is 380 g/mol. The Morgan fingerprint density at radius 3 is 2.76 bits per heavy atom. The van der Waals surface area contributed by atoms with E-state index >= 15 is 0 Å². The zero-order chi connectivity index (χ0) is 18.4. The first kappa shape index (κ1) is 20.0. The van der Waals surface area contributed by atoms with Gasteiger partial charge in [0.2, 0.25) is 11.8 Å². The molecular formula is C17H21ClN2O3S2. The van der Waals surface area contributed by atoms with E-state index in [-0.39, 0.29) is 17.1 Å². The highest BCUT2D eigenvalue weighted by molar-refractivity contribution is 8.24. The van der Waals surface area contributed by atoms with Crippen LogP contribution in [0, 0.1) is 0 Å². The number of ether oxygens (including phenoxy) is 1. The van der Waals surface area contributed by atoms with E-state index in [1.807, 2.05) is 6.92 Å². The third-order valence-corrected chi connectivity index (χ3v) is 5.61. The molecule has 1 aliphatic rings. The molecule has 0 aliphatic carbocycles. The van der Waals surface area contributed by atoms with Crippen LogP contribution in [0.2, 0.25) is 5.02 Å². The van der Waals surface area contributed by atoms with Crippen LogP contribution in [0.4, 0.5) is 5.69 Å². The minimum absolute atomic E-state index is 0.0572. The fourth-order valence-electron chi connectivity index (χ4n) is 2.48. The molecule has 136 valence electrons. The van der Waals surface area contributed by atoms with Gasteiger partial charge in [-0.25, -0.2) is 0 Å². The fraction of sp³-hybridized carbons (Fsp3) is 0.471. The molecule has 1 saturated heterocycles. The Hall–Kier alpha value is -1.31. The van der Waals surface area contributed by atoms with Crippen molar-refractivity contribution in [3.63, 3.8) is 0 Å². The maximum absolute atomic E-state index is 12.0. The molecule has 1 aromatic carbocycles. The maximum Gasteiger partial charge on any atom is 0.241 e. The molecule has 8 heteroatoms. The fourth-order valence-corrected chi connectivity index (χ4v) is 4.19. The van der Waals surface area contributed by atoms with E-state index in [4.69, 9.17) is 28.6 Å². The summed E-state index contributed by atoms with van der Waals surface area (Å²) in [6.45, 7) is 2.50. The number of hydrogen-bond donors (Lipinski definition) is 1. The van der Waals surface area contributed by atoms with Crippen LogP contribution in [0.3, 0.4) is 0 Å². The number of thioether (sulfide) groups is 1. The van der Waals surface area contributed by atoms with Gasteiger partial charge < -0.3 is 10.1 Å². The summed E-state index contributed by atoms with van der Waals surface area (Å²) in [5, 5.41) is 3.20. The molecule has 1 aliphatic heterocycles. The number of methoxy groups -OCH3 is 1. The summed E-state index contributed by atoms with van der Waals surface area (Å²) in [5.41, 5.74) is 0.648. The summed E-state index contributed by atoms with van der Waals surface area (Å²) in [7, 11) is 1.54. The molecule has 1 N–H and O–H groups in total. The minimum Gasteiger partial charge on any atom is -0.495 e. The lowest BCUT2D eigenvalue weighted by Gasteiger charge is -2.14. The predicted octanol–water partition coefficient (Wildman–Crippen LogP) is 4.10. The first-order valence-electron chi connectivity index (χ1n) is 8.07. The van der Waals surface area contributed by atoms with Crippen molar-refractivity contribution in [2.24, 2.45) is 0 Å². The van der Waals surface area contributed by atoms with E-state index in [2.05, 4.69) is 5.32 Å². The summed E-state index contributed by atoms with van der Waals surface area (Å²) in [4.78, 5) is 25.5. The number of carbonyl (C=O) groups excluding carboxylic acids is 2. The van der Waals surface area contributed by atoms with Gasteiger partial charge in [-0.05, 0) is 38.0 Å². The van der Waals surface area contributed by atoms with Crippen molar-refractivity contribution in [3.8, 4) is 5.75 Å². The summed E-state index contributed by atoms with van der Waals surface area (Å²) >= 11 is 12.7. The van der Waals surface area contributed by atoms with E-state index in [1.54, 1.807) is 30.2 Å². The van der Waals surface area contributed by atoms with Gasteiger partial charge >= 0.3 is 0 Å². The number of carbonyl (C=O) groups is 2. The topological polar surface area (TPSA) is 58.6 Å². The van der Waals surface area contributed by atoms with Crippen molar-refractivity contribution in [3.05, 3.63) is 23.2 Å². The zero-order valence-electron chi connectivity index (χ0n) is 14.2. The Morgan fingerprint density at radius 2 is 2.16 bits per heavy atom.